The van der Waals surface area contributed by atoms with E-state index in [1.165, 1.54) is 25.3 Å². The first-order valence-corrected chi connectivity index (χ1v) is 5.62. The number of phenols is 1. The molecule has 0 spiro atoms. The summed E-state index contributed by atoms with van der Waals surface area (Å²) < 4.78 is 15.5. The SMILES string of the molecule is COc1ccc(CP(=O)(O)O)c(O)c1. The molecule has 0 heterocycles. The Hall–Kier alpha value is -1.03. The van der Waals surface area contributed by atoms with Crippen molar-refractivity contribution in [3.8, 4) is 11.5 Å². The molecule has 1 aromatic carbocycles. The first-order chi connectivity index (χ1) is 6.42. The summed E-state index contributed by atoms with van der Waals surface area (Å²) in [6, 6.07) is 4.27. The van der Waals surface area contributed by atoms with Gasteiger partial charge in [-0.3, -0.25) is 4.57 Å². The van der Waals surface area contributed by atoms with Gasteiger partial charge in [0.1, 0.15) is 11.5 Å². The Labute approximate surface area is 81.1 Å². The Balaban J connectivity index is 2.95. The lowest BCUT2D eigenvalue weighted by molar-refractivity contribution is 0.369. The maximum absolute atomic E-state index is 10.7. The average Bonchev–Trinajstić information content (AvgIpc) is 2.06. The number of aromatic hydroxyl groups is 1. The highest BCUT2D eigenvalue weighted by molar-refractivity contribution is 7.50. The summed E-state index contributed by atoms with van der Waals surface area (Å²) in [6.45, 7) is 0. The molecule has 6 heteroatoms. The van der Waals surface area contributed by atoms with Gasteiger partial charge in [0.15, 0.2) is 0 Å². The van der Waals surface area contributed by atoms with Crippen molar-refractivity contribution in [2.75, 3.05) is 7.11 Å². The van der Waals surface area contributed by atoms with Crippen molar-refractivity contribution in [3.05, 3.63) is 23.8 Å². The molecule has 78 valence electrons. The van der Waals surface area contributed by atoms with Crippen molar-refractivity contribution in [3.63, 3.8) is 0 Å². The van der Waals surface area contributed by atoms with E-state index in [0.717, 1.165) is 0 Å². The van der Waals surface area contributed by atoms with Gasteiger partial charge in [-0.05, 0) is 6.07 Å². The van der Waals surface area contributed by atoms with Gasteiger partial charge in [0, 0.05) is 11.6 Å². The predicted molar refractivity (Wildman–Crippen MR) is 50.4 cm³/mol. The summed E-state index contributed by atoms with van der Waals surface area (Å²) in [4.78, 5) is 17.4. The third-order valence-corrected chi connectivity index (χ3v) is 2.42. The Bertz CT molecular complexity index is 370. The van der Waals surface area contributed by atoms with Crippen LogP contribution in [0.25, 0.3) is 0 Å². The lowest BCUT2D eigenvalue weighted by Gasteiger charge is -2.07. The van der Waals surface area contributed by atoms with E-state index in [4.69, 9.17) is 14.5 Å². The summed E-state index contributed by atoms with van der Waals surface area (Å²) in [5.41, 5.74) is 0.208. The number of ether oxygens (including phenoxy) is 1. The lowest BCUT2D eigenvalue weighted by Crippen LogP contribution is -1.89. The molecule has 0 aliphatic carbocycles. The van der Waals surface area contributed by atoms with Crippen molar-refractivity contribution in [2.45, 2.75) is 6.16 Å². The molecule has 0 radical (unpaired) electrons. The van der Waals surface area contributed by atoms with Gasteiger partial charge < -0.3 is 19.6 Å². The molecular weight excluding hydrogens is 207 g/mol. The number of hydrogen-bond donors (Lipinski definition) is 3. The van der Waals surface area contributed by atoms with Crippen molar-refractivity contribution >= 4 is 7.60 Å². The van der Waals surface area contributed by atoms with E-state index in [1.54, 1.807) is 0 Å². The molecule has 3 N–H and O–H groups in total. The Morgan fingerprint density at radius 1 is 1.43 bits per heavy atom. The highest BCUT2D eigenvalue weighted by atomic mass is 31.2. The third-order valence-electron chi connectivity index (χ3n) is 1.67. The van der Waals surface area contributed by atoms with Crippen LogP contribution in [0.15, 0.2) is 18.2 Å². The normalized spacial score (nSPS) is 11.4. The smallest absolute Gasteiger partial charge is 0.330 e. The fourth-order valence-corrected chi connectivity index (χ4v) is 1.74. The minimum Gasteiger partial charge on any atom is -0.508 e. The first kappa shape index (κ1) is 11.0. The monoisotopic (exact) mass is 218 g/mol. The van der Waals surface area contributed by atoms with Gasteiger partial charge in [-0.15, -0.1) is 0 Å². The van der Waals surface area contributed by atoms with Crippen molar-refractivity contribution < 1.29 is 24.2 Å². The molecule has 0 amide bonds. The van der Waals surface area contributed by atoms with Crippen molar-refractivity contribution in [1.29, 1.82) is 0 Å². The molecule has 0 aromatic heterocycles. The zero-order valence-electron chi connectivity index (χ0n) is 7.54. The summed E-state index contributed by atoms with van der Waals surface area (Å²) in [5, 5.41) is 9.36. The van der Waals surface area contributed by atoms with E-state index in [1.807, 2.05) is 0 Å². The lowest BCUT2D eigenvalue weighted by atomic mass is 10.2. The molecule has 0 unspecified atom stereocenters. The molecule has 1 rings (SSSR count). The zero-order valence-corrected chi connectivity index (χ0v) is 8.44. The fourth-order valence-electron chi connectivity index (χ4n) is 1.03. The minimum absolute atomic E-state index is 0.173. The van der Waals surface area contributed by atoms with Gasteiger partial charge >= 0.3 is 7.60 Å². The predicted octanol–water partition coefficient (Wildman–Crippen LogP) is 1.08. The quantitative estimate of drug-likeness (QED) is 0.661. The average molecular weight is 218 g/mol. The van der Waals surface area contributed by atoms with Gasteiger partial charge in [0.05, 0.1) is 13.3 Å². The molecule has 5 nitrogen and oxygen atoms in total. The summed E-state index contributed by atoms with van der Waals surface area (Å²) >= 11 is 0. The zero-order chi connectivity index (χ0) is 10.8. The molecule has 14 heavy (non-hydrogen) atoms. The van der Waals surface area contributed by atoms with Crippen molar-refractivity contribution in [2.24, 2.45) is 0 Å². The number of benzene rings is 1. The molecule has 0 saturated carbocycles. The van der Waals surface area contributed by atoms with E-state index in [9.17, 15) is 9.67 Å². The fraction of sp³-hybridized carbons (Fsp3) is 0.250. The molecular formula is C8H11O5P. The Morgan fingerprint density at radius 3 is 2.50 bits per heavy atom. The van der Waals surface area contributed by atoms with Crippen LogP contribution in [0.2, 0.25) is 0 Å². The molecule has 0 aliphatic heterocycles. The van der Waals surface area contributed by atoms with E-state index >= 15 is 0 Å². The molecule has 0 aliphatic rings. The maximum Gasteiger partial charge on any atom is 0.330 e. The van der Waals surface area contributed by atoms with Gasteiger partial charge in [-0.25, -0.2) is 0 Å². The van der Waals surface area contributed by atoms with Crippen LogP contribution in [-0.4, -0.2) is 22.0 Å². The van der Waals surface area contributed by atoms with E-state index < -0.39 is 13.8 Å². The van der Waals surface area contributed by atoms with Gasteiger partial charge in [-0.1, -0.05) is 6.07 Å². The topological polar surface area (TPSA) is 87.0 Å². The molecule has 0 atom stereocenters. The van der Waals surface area contributed by atoms with E-state index in [0.29, 0.717) is 5.75 Å². The van der Waals surface area contributed by atoms with Crippen LogP contribution in [0.3, 0.4) is 0 Å². The van der Waals surface area contributed by atoms with Crippen LogP contribution >= 0.6 is 7.60 Å². The van der Waals surface area contributed by atoms with Crippen LogP contribution in [0, 0.1) is 0 Å². The van der Waals surface area contributed by atoms with E-state index in [2.05, 4.69) is 0 Å². The van der Waals surface area contributed by atoms with Crippen LogP contribution in [0.5, 0.6) is 11.5 Å². The minimum atomic E-state index is -4.14. The van der Waals surface area contributed by atoms with Crippen LogP contribution in [0.4, 0.5) is 0 Å². The van der Waals surface area contributed by atoms with Crippen LogP contribution < -0.4 is 4.74 Å². The highest BCUT2D eigenvalue weighted by Gasteiger charge is 2.16. The van der Waals surface area contributed by atoms with Gasteiger partial charge in [0.25, 0.3) is 0 Å². The Morgan fingerprint density at radius 2 is 2.07 bits per heavy atom. The first-order valence-electron chi connectivity index (χ1n) is 3.83. The van der Waals surface area contributed by atoms with Gasteiger partial charge in [-0.2, -0.15) is 0 Å². The van der Waals surface area contributed by atoms with Crippen LogP contribution in [0.1, 0.15) is 5.56 Å². The maximum atomic E-state index is 10.7. The molecule has 0 bridgehead atoms. The number of rotatable bonds is 3. The summed E-state index contributed by atoms with van der Waals surface area (Å²) in [6.07, 6.45) is -0.469. The van der Waals surface area contributed by atoms with Gasteiger partial charge in [0.2, 0.25) is 0 Å². The summed E-state index contributed by atoms with van der Waals surface area (Å²) in [5.74, 6) is 0.268. The second-order valence-electron chi connectivity index (χ2n) is 2.82. The number of phenolic OH excluding ortho intramolecular Hbond substituents is 1. The largest absolute Gasteiger partial charge is 0.508 e. The number of hydrogen-bond acceptors (Lipinski definition) is 3. The molecule has 1 aromatic rings. The Kier molecular flexibility index (Phi) is 3.16. The van der Waals surface area contributed by atoms with E-state index in [-0.39, 0.29) is 11.3 Å². The highest BCUT2D eigenvalue weighted by Crippen LogP contribution is 2.41. The number of methoxy groups -OCH3 is 1. The second kappa shape index (κ2) is 4.00. The third kappa shape index (κ3) is 3.03. The summed E-state index contributed by atoms with van der Waals surface area (Å²) in [7, 11) is -2.70. The molecule has 0 fully saturated rings. The standard InChI is InChI=1S/C8H11O5P/c1-13-7-3-2-6(8(9)4-7)5-14(10,11)12/h2-4,9H,5H2,1H3,(H2,10,11,12). The van der Waals surface area contributed by atoms with Crippen molar-refractivity contribution in [1.82, 2.24) is 0 Å². The molecule has 0 saturated heterocycles. The van der Waals surface area contributed by atoms with Crippen LogP contribution in [-0.2, 0) is 10.7 Å². The second-order valence-corrected chi connectivity index (χ2v) is 4.46.